The van der Waals surface area contributed by atoms with Crippen molar-refractivity contribution < 1.29 is 22.7 Å². The quantitative estimate of drug-likeness (QED) is 0.267. The Kier molecular flexibility index (Phi) is 7.00. The third kappa shape index (κ3) is 5.26. The molecular formula is C25H26ClN3O5S. The van der Waals surface area contributed by atoms with Gasteiger partial charge in [0, 0.05) is 34.3 Å². The number of hydrogen-bond acceptors (Lipinski definition) is 6. The molecule has 3 heterocycles. The first-order chi connectivity index (χ1) is 16.6. The van der Waals surface area contributed by atoms with Crippen LogP contribution < -0.4 is 0 Å². The van der Waals surface area contributed by atoms with Crippen molar-refractivity contribution in [2.24, 2.45) is 0 Å². The predicted molar refractivity (Wildman–Crippen MR) is 134 cm³/mol. The molecule has 0 spiro atoms. The van der Waals surface area contributed by atoms with Crippen molar-refractivity contribution in [2.75, 3.05) is 18.1 Å². The highest BCUT2D eigenvalue weighted by molar-refractivity contribution is 7.91. The Morgan fingerprint density at radius 1 is 1.20 bits per heavy atom. The molecule has 2 aromatic heterocycles. The summed E-state index contributed by atoms with van der Waals surface area (Å²) < 4.78 is 32.2. The van der Waals surface area contributed by atoms with Crippen LogP contribution in [-0.2, 0) is 19.4 Å². The molecule has 8 nitrogen and oxygen atoms in total. The van der Waals surface area contributed by atoms with Crippen LogP contribution in [-0.4, -0.2) is 52.6 Å². The van der Waals surface area contributed by atoms with Crippen LogP contribution in [0.2, 0.25) is 5.15 Å². The second kappa shape index (κ2) is 9.83. The first-order valence-corrected chi connectivity index (χ1v) is 13.3. The average Bonchev–Trinajstić information content (AvgIpc) is 3.43. The number of carbonyl (C=O) groups is 2. The van der Waals surface area contributed by atoms with Crippen LogP contribution in [0.15, 0.2) is 42.5 Å². The normalized spacial score (nSPS) is 17.2. The first-order valence-electron chi connectivity index (χ1n) is 11.1. The minimum absolute atomic E-state index is 0.00790. The summed E-state index contributed by atoms with van der Waals surface area (Å²) in [7, 11) is -3.09. The zero-order chi connectivity index (χ0) is 25.3. The zero-order valence-corrected chi connectivity index (χ0v) is 21.3. The molecule has 184 valence electrons. The lowest BCUT2D eigenvalue weighted by Gasteiger charge is -2.09. The standard InChI is InChI=1S/C25H26ClN3O5S/c1-16-13-22(18(3)28(16)19-7-5-4-6-8-19)23(30)14-34-24(31)10-9-21-17(2)27-29(25(21)26)20-11-12-35(32,33)15-20/h4-10,13,20H,11-12,14-15H2,1-3H3/b10-9+/t20-/m0/s1. The van der Waals surface area contributed by atoms with Gasteiger partial charge in [-0.25, -0.2) is 17.9 Å². The van der Waals surface area contributed by atoms with E-state index in [2.05, 4.69) is 5.10 Å². The van der Waals surface area contributed by atoms with Crippen molar-refractivity contribution in [3.63, 3.8) is 0 Å². The summed E-state index contributed by atoms with van der Waals surface area (Å²) in [5.41, 5.74) is 4.19. The van der Waals surface area contributed by atoms with Crippen LogP contribution in [0.4, 0.5) is 0 Å². The van der Waals surface area contributed by atoms with Crippen LogP contribution in [0.25, 0.3) is 11.8 Å². The van der Waals surface area contributed by atoms with Crippen molar-refractivity contribution in [1.29, 1.82) is 0 Å². The van der Waals surface area contributed by atoms with Crippen LogP contribution >= 0.6 is 11.6 Å². The number of esters is 1. The van der Waals surface area contributed by atoms with Gasteiger partial charge in [-0.15, -0.1) is 0 Å². The van der Waals surface area contributed by atoms with E-state index >= 15 is 0 Å². The lowest BCUT2D eigenvalue weighted by atomic mass is 10.1. The third-order valence-electron chi connectivity index (χ3n) is 6.10. The van der Waals surface area contributed by atoms with E-state index in [1.165, 1.54) is 16.8 Å². The summed E-state index contributed by atoms with van der Waals surface area (Å²) in [5.74, 6) is -0.897. The maximum absolute atomic E-state index is 12.8. The largest absolute Gasteiger partial charge is 0.454 e. The predicted octanol–water partition coefficient (Wildman–Crippen LogP) is 4.05. The summed E-state index contributed by atoms with van der Waals surface area (Å²) in [6, 6.07) is 11.2. The van der Waals surface area contributed by atoms with Crippen molar-refractivity contribution in [3.8, 4) is 5.69 Å². The Morgan fingerprint density at radius 3 is 2.57 bits per heavy atom. The Balaban J connectivity index is 1.41. The summed E-state index contributed by atoms with van der Waals surface area (Å²) in [5, 5.41) is 4.62. The fourth-order valence-electron chi connectivity index (χ4n) is 4.37. The number of aryl methyl sites for hydroxylation is 2. The number of sulfone groups is 1. The maximum Gasteiger partial charge on any atom is 0.331 e. The van der Waals surface area contributed by atoms with Crippen molar-refractivity contribution >= 4 is 39.3 Å². The summed E-state index contributed by atoms with van der Waals surface area (Å²) in [6.45, 7) is 5.10. The molecule has 1 saturated heterocycles. The van der Waals surface area contributed by atoms with E-state index in [0.29, 0.717) is 23.2 Å². The third-order valence-corrected chi connectivity index (χ3v) is 8.23. The number of ether oxygens (including phenoxy) is 1. The highest BCUT2D eigenvalue weighted by Crippen LogP contribution is 2.30. The summed E-state index contributed by atoms with van der Waals surface area (Å²) in [6.07, 6.45) is 3.10. The van der Waals surface area contributed by atoms with Crippen molar-refractivity contribution in [1.82, 2.24) is 14.3 Å². The number of ketones is 1. The first kappa shape index (κ1) is 24.9. The number of aromatic nitrogens is 3. The van der Waals surface area contributed by atoms with E-state index in [9.17, 15) is 18.0 Å². The molecule has 0 aliphatic carbocycles. The molecule has 10 heteroatoms. The average molecular weight is 516 g/mol. The molecule has 1 atom stereocenters. The van der Waals surface area contributed by atoms with Gasteiger partial charge >= 0.3 is 5.97 Å². The fraction of sp³-hybridized carbons (Fsp3) is 0.320. The number of halogens is 1. The Morgan fingerprint density at radius 2 is 1.91 bits per heavy atom. The Hall–Kier alpha value is -3.17. The summed E-state index contributed by atoms with van der Waals surface area (Å²) >= 11 is 6.42. The minimum atomic E-state index is -3.09. The van der Waals surface area contributed by atoms with Gasteiger partial charge in [0.2, 0.25) is 5.78 Å². The number of carbonyl (C=O) groups excluding carboxylic acids is 2. The molecule has 0 amide bonds. The van der Waals surface area contributed by atoms with E-state index in [4.69, 9.17) is 16.3 Å². The van der Waals surface area contributed by atoms with E-state index in [-0.39, 0.29) is 28.5 Å². The number of para-hydroxylation sites is 1. The Bertz CT molecular complexity index is 1420. The van der Waals surface area contributed by atoms with Crippen molar-refractivity contribution in [2.45, 2.75) is 33.2 Å². The number of hydrogen-bond donors (Lipinski definition) is 0. The van der Waals surface area contributed by atoms with Crippen LogP contribution in [0, 0.1) is 20.8 Å². The highest BCUT2D eigenvalue weighted by Gasteiger charge is 2.31. The van der Waals surface area contributed by atoms with Gasteiger partial charge in [-0.2, -0.15) is 5.10 Å². The van der Waals surface area contributed by atoms with Gasteiger partial charge in [-0.05, 0) is 51.5 Å². The topological polar surface area (TPSA) is 100 Å². The van der Waals surface area contributed by atoms with Gasteiger partial charge in [0.05, 0.1) is 23.2 Å². The molecule has 1 fully saturated rings. The van der Waals surface area contributed by atoms with Gasteiger partial charge in [-0.1, -0.05) is 29.8 Å². The number of Topliss-reactive ketones (excluding diaryl/α,β-unsaturated/α-hetero) is 1. The molecule has 1 aliphatic rings. The number of rotatable bonds is 7. The Labute approximate surface area is 209 Å². The van der Waals surface area contributed by atoms with E-state index in [0.717, 1.165) is 17.1 Å². The van der Waals surface area contributed by atoms with Crippen LogP contribution in [0.1, 0.15) is 45.5 Å². The number of benzene rings is 1. The molecule has 3 aromatic rings. The molecule has 0 radical (unpaired) electrons. The SMILES string of the molecule is Cc1nn([C@H]2CCS(=O)(=O)C2)c(Cl)c1/C=C/C(=O)OCC(=O)c1cc(C)n(-c2ccccc2)c1C. The highest BCUT2D eigenvalue weighted by atomic mass is 35.5. The second-order valence-corrected chi connectivity index (χ2v) is 11.2. The molecule has 0 N–H and O–H groups in total. The minimum Gasteiger partial charge on any atom is -0.454 e. The molecule has 0 bridgehead atoms. The molecule has 4 rings (SSSR count). The van der Waals surface area contributed by atoms with Gasteiger partial charge < -0.3 is 9.30 Å². The smallest absolute Gasteiger partial charge is 0.331 e. The van der Waals surface area contributed by atoms with E-state index < -0.39 is 22.4 Å². The maximum atomic E-state index is 12.8. The molecule has 0 unspecified atom stereocenters. The van der Waals surface area contributed by atoms with Crippen molar-refractivity contribution in [3.05, 3.63) is 75.8 Å². The zero-order valence-electron chi connectivity index (χ0n) is 19.7. The monoisotopic (exact) mass is 515 g/mol. The number of nitrogens with zero attached hydrogens (tertiary/aromatic N) is 3. The molecule has 1 aliphatic heterocycles. The van der Waals surface area contributed by atoms with Gasteiger partial charge in [0.1, 0.15) is 5.15 Å². The molecule has 35 heavy (non-hydrogen) atoms. The van der Waals surface area contributed by atoms with Gasteiger partial charge in [0.25, 0.3) is 0 Å². The lowest BCUT2D eigenvalue weighted by Crippen LogP contribution is -2.13. The summed E-state index contributed by atoms with van der Waals surface area (Å²) in [4.78, 5) is 25.0. The second-order valence-electron chi connectivity index (χ2n) is 8.61. The van der Waals surface area contributed by atoms with Crippen LogP contribution in [0.3, 0.4) is 0 Å². The lowest BCUT2D eigenvalue weighted by molar-refractivity contribution is -0.136. The van der Waals surface area contributed by atoms with E-state index in [1.807, 2.05) is 48.7 Å². The fourth-order valence-corrected chi connectivity index (χ4v) is 6.43. The van der Waals surface area contributed by atoms with Gasteiger partial charge in [0.15, 0.2) is 16.4 Å². The molecular weight excluding hydrogens is 490 g/mol. The van der Waals surface area contributed by atoms with Crippen LogP contribution in [0.5, 0.6) is 0 Å². The molecule has 1 aromatic carbocycles. The molecule has 0 saturated carbocycles. The van der Waals surface area contributed by atoms with Gasteiger partial charge in [-0.3, -0.25) is 4.79 Å². The van der Waals surface area contributed by atoms with E-state index in [1.54, 1.807) is 13.0 Å².